The summed E-state index contributed by atoms with van der Waals surface area (Å²) in [5.41, 5.74) is 8.78. The fourth-order valence-electron chi connectivity index (χ4n) is 4.24. The molecular formula is C29H21N3. The van der Waals surface area contributed by atoms with Crippen molar-refractivity contribution in [1.82, 2.24) is 15.0 Å². The number of fused-ring (bicyclic) bond motifs is 1. The highest BCUT2D eigenvalue weighted by Crippen LogP contribution is 2.35. The summed E-state index contributed by atoms with van der Waals surface area (Å²) in [5.74, 6) is 0.864. The summed E-state index contributed by atoms with van der Waals surface area (Å²) in [7, 11) is 0. The van der Waals surface area contributed by atoms with Gasteiger partial charge in [0.15, 0.2) is 0 Å². The van der Waals surface area contributed by atoms with Crippen LogP contribution >= 0.6 is 0 Å². The summed E-state index contributed by atoms with van der Waals surface area (Å²) in [4.78, 5) is 12.0. The monoisotopic (exact) mass is 411 g/mol. The third kappa shape index (κ3) is 3.21. The number of benzene rings is 4. The van der Waals surface area contributed by atoms with E-state index in [0.29, 0.717) is 0 Å². The Labute approximate surface area is 186 Å². The second kappa shape index (κ2) is 7.71. The molecule has 6 aromatic rings. The Balaban J connectivity index is 1.49. The van der Waals surface area contributed by atoms with Crippen LogP contribution in [0.3, 0.4) is 0 Å². The zero-order valence-electron chi connectivity index (χ0n) is 17.4. The second-order valence-electron chi connectivity index (χ2n) is 7.87. The number of hydrogen-bond acceptors (Lipinski definition) is 1. The lowest BCUT2D eigenvalue weighted by atomic mass is 10.0. The molecule has 0 aliphatic carbocycles. The van der Waals surface area contributed by atoms with Crippen LogP contribution in [0.4, 0.5) is 0 Å². The van der Waals surface area contributed by atoms with Crippen molar-refractivity contribution in [3.8, 4) is 45.0 Å². The van der Waals surface area contributed by atoms with E-state index >= 15 is 0 Å². The number of nitrogens with zero attached hydrogens (tertiary/aromatic N) is 1. The number of nitrogens with one attached hydrogen (secondary N) is 2. The van der Waals surface area contributed by atoms with Gasteiger partial charge in [-0.05, 0) is 17.2 Å². The van der Waals surface area contributed by atoms with Gasteiger partial charge >= 0.3 is 0 Å². The van der Waals surface area contributed by atoms with Gasteiger partial charge in [0.05, 0.1) is 11.4 Å². The Morgan fingerprint density at radius 1 is 0.531 bits per heavy atom. The van der Waals surface area contributed by atoms with Crippen molar-refractivity contribution in [2.24, 2.45) is 0 Å². The quantitative estimate of drug-likeness (QED) is 0.309. The Hall–Kier alpha value is -4.37. The zero-order chi connectivity index (χ0) is 21.3. The molecule has 2 N–H and O–H groups in total. The third-order valence-electron chi connectivity index (χ3n) is 5.88. The van der Waals surface area contributed by atoms with E-state index in [-0.39, 0.29) is 0 Å². The summed E-state index contributed by atoms with van der Waals surface area (Å²) in [6, 6.07) is 37.8. The molecule has 0 spiro atoms. The summed E-state index contributed by atoms with van der Waals surface area (Å²) in [6.07, 6.45) is 2.03. The van der Waals surface area contributed by atoms with Gasteiger partial charge in [-0.2, -0.15) is 0 Å². The van der Waals surface area contributed by atoms with E-state index in [0.717, 1.165) is 44.8 Å². The molecule has 152 valence electrons. The Morgan fingerprint density at radius 3 is 1.88 bits per heavy atom. The molecule has 4 aromatic carbocycles. The van der Waals surface area contributed by atoms with Crippen LogP contribution in [0.2, 0.25) is 0 Å². The average molecular weight is 412 g/mol. The standard InChI is InChI=1S/C29H21N3/c1-3-9-20(10-4-1)21-15-17-23(18-16-21)28-27(22-11-5-2-6-12-22)31-29(32-28)25-19-30-26-14-8-7-13-24(25)26/h1-19,30H,(H,31,32). The fraction of sp³-hybridized carbons (Fsp3) is 0. The van der Waals surface area contributed by atoms with Crippen LogP contribution in [0.25, 0.3) is 55.9 Å². The summed E-state index contributed by atoms with van der Waals surface area (Å²) >= 11 is 0. The average Bonchev–Trinajstić information content (AvgIpc) is 3.50. The van der Waals surface area contributed by atoms with E-state index in [9.17, 15) is 0 Å². The van der Waals surface area contributed by atoms with Crippen molar-refractivity contribution < 1.29 is 0 Å². The molecule has 0 amide bonds. The Kier molecular flexibility index (Phi) is 4.43. The molecule has 0 radical (unpaired) electrons. The second-order valence-corrected chi connectivity index (χ2v) is 7.87. The van der Waals surface area contributed by atoms with Crippen LogP contribution in [0.1, 0.15) is 0 Å². The minimum Gasteiger partial charge on any atom is -0.360 e. The topological polar surface area (TPSA) is 44.5 Å². The maximum absolute atomic E-state index is 5.05. The van der Waals surface area contributed by atoms with Gasteiger partial charge in [0.25, 0.3) is 0 Å². The highest BCUT2D eigenvalue weighted by Gasteiger charge is 2.17. The number of para-hydroxylation sites is 1. The first-order valence-electron chi connectivity index (χ1n) is 10.7. The van der Waals surface area contributed by atoms with Crippen molar-refractivity contribution in [2.75, 3.05) is 0 Å². The van der Waals surface area contributed by atoms with Gasteiger partial charge in [0.2, 0.25) is 0 Å². The molecule has 2 aromatic heterocycles. The number of imidazole rings is 1. The van der Waals surface area contributed by atoms with Crippen molar-refractivity contribution in [3.63, 3.8) is 0 Å². The molecule has 0 aliphatic heterocycles. The smallest absolute Gasteiger partial charge is 0.140 e. The first-order chi connectivity index (χ1) is 15.9. The molecule has 0 unspecified atom stereocenters. The lowest BCUT2D eigenvalue weighted by Crippen LogP contribution is -1.84. The molecule has 32 heavy (non-hydrogen) atoms. The number of hydrogen-bond donors (Lipinski definition) is 2. The van der Waals surface area contributed by atoms with E-state index in [1.807, 2.05) is 24.4 Å². The molecule has 0 saturated carbocycles. The highest BCUT2D eigenvalue weighted by molar-refractivity contribution is 5.95. The minimum atomic E-state index is 0.864. The van der Waals surface area contributed by atoms with Crippen LogP contribution in [0, 0.1) is 0 Å². The van der Waals surface area contributed by atoms with Gasteiger partial charge < -0.3 is 9.97 Å². The lowest BCUT2D eigenvalue weighted by molar-refractivity contribution is 1.31. The molecule has 0 fully saturated rings. The van der Waals surface area contributed by atoms with Crippen molar-refractivity contribution in [1.29, 1.82) is 0 Å². The van der Waals surface area contributed by atoms with Crippen LogP contribution in [0.15, 0.2) is 115 Å². The Morgan fingerprint density at radius 2 is 1.12 bits per heavy atom. The van der Waals surface area contributed by atoms with Gasteiger partial charge in [0, 0.05) is 33.8 Å². The molecule has 0 aliphatic rings. The summed E-state index contributed by atoms with van der Waals surface area (Å²) < 4.78 is 0. The SMILES string of the molecule is c1ccc(-c2ccc(-c3[nH]c(-c4c[nH]c5ccccc45)nc3-c3ccccc3)cc2)cc1. The maximum Gasteiger partial charge on any atom is 0.140 e. The highest BCUT2D eigenvalue weighted by atomic mass is 14.9. The first kappa shape index (κ1) is 18.4. The molecule has 0 bridgehead atoms. The van der Waals surface area contributed by atoms with Crippen molar-refractivity contribution in [3.05, 3.63) is 115 Å². The van der Waals surface area contributed by atoms with Crippen LogP contribution in [0.5, 0.6) is 0 Å². The van der Waals surface area contributed by atoms with E-state index in [2.05, 4.69) is 101 Å². The predicted molar refractivity (Wildman–Crippen MR) is 132 cm³/mol. The van der Waals surface area contributed by atoms with Crippen LogP contribution in [-0.2, 0) is 0 Å². The maximum atomic E-state index is 5.05. The van der Waals surface area contributed by atoms with Crippen LogP contribution < -0.4 is 0 Å². The molecule has 2 heterocycles. The van der Waals surface area contributed by atoms with E-state index in [1.54, 1.807) is 0 Å². The van der Waals surface area contributed by atoms with Gasteiger partial charge in [-0.1, -0.05) is 103 Å². The third-order valence-corrected chi connectivity index (χ3v) is 5.88. The molecule has 6 rings (SSSR count). The lowest BCUT2D eigenvalue weighted by Gasteiger charge is -2.06. The largest absolute Gasteiger partial charge is 0.360 e. The number of H-pyrrole nitrogens is 2. The van der Waals surface area contributed by atoms with E-state index in [1.165, 1.54) is 11.1 Å². The van der Waals surface area contributed by atoms with Gasteiger partial charge in [-0.15, -0.1) is 0 Å². The minimum absolute atomic E-state index is 0.864. The zero-order valence-corrected chi connectivity index (χ0v) is 17.4. The van der Waals surface area contributed by atoms with Gasteiger partial charge in [-0.3, -0.25) is 0 Å². The van der Waals surface area contributed by atoms with E-state index < -0.39 is 0 Å². The summed E-state index contributed by atoms with van der Waals surface area (Å²) in [5, 5.41) is 1.16. The molecular weight excluding hydrogens is 390 g/mol. The molecule has 3 nitrogen and oxygen atoms in total. The summed E-state index contributed by atoms with van der Waals surface area (Å²) in [6.45, 7) is 0. The van der Waals surface area contributed by atoms with Gasteiger partial charge in [-0.25, -0.2) is 4.98 Å². The molecule has 3 heteroatoms. The normalized spacial score (nSPS) is 11.1. The predicted octanol–water partition coefficient (Wildman–Crippen LogP) is 7.56. The fourth-order valence-corrected chi connectivity index (χ4v) is 4.24. The Bertz CT molecular complexity index is 1490. The van der Waals surface area contributed by atoms with Crippen molar-refractivity contribution >= 4 is 10.9 Å². The molecule has 0 atom stereocenters. The first-order valence-corrected chi connectivity index (χ1v) is 10.7. The number of aromatic amines is 2. The van der Waals surface area contributed by atoms with E-state index in [4.69, 9.17) is 4.98 Å². The van der Waals surface area contributed by atoms with Gasteiger partial charge in [0.1, 0.15) is 5.82 Å². The number of rotatable bonds is 4. The van der Waals surface area contributed by atoms with Crippen LogP contribution in [-0.4, -0.2) is 15.0 Å². The molecule has 0 saturated heterocycles. The van der Waals surface area contributed by atoms with Crippen molar-refractivity contribution in [2.45, 2.75) is 0 Å². The number of aromatic nitrogens is 3.